The van der Waals surface area contributed by atoms with Crippen molar-refractivity contribution in [2.45, 2.75) is 389 Å². The average Bonchev–Trinajstić information content (AvgIpc) is 1.55. The molecular formula is C116H162. The molecule has 0 spiro atoms. The van der Waals surface area contributed by atoms with E-state index in [2.05, 4.69) is 269 Å². The molecule has 626 valence electrons. The predicted octanol–water partition coefficient (Wildman–Crippen LogP) is 36.6. The second kappa shape index (κ2) is 41.8. The van der Waals surface area contributed by atoms with Gasteiger partial charge in [0, 0.05) is 21.7 Å². The lowest BCUT2D eigenvalue weighted by molar-refractivity contribution is 0.265. The Morgan fingerprint density at radius 1 is 0.172 bits per heavy atom. The van der Waals surface area contributed by atoms with Gasteiger partial charge in [0.15, 0.2) is 0 Å². The van der Waals surface area contributed by atoms with E-state index in [9.17, 15) is 0 Å². The molecule has 116 heavy (non-hydrogen) atoms. The van der Waals surface area contributed by atoms with Gasteiger partial charge < -0.3 is 0 Å². The second-order valence-electron chi connectivity index (χ2n) is 38.9. The van der Waals surface area contributed by atoms with Crippen molar-refractivity contribution in [2.75, 3.05) is 0 Å². The van der Waals surface area contributed by atoms with Crippen LogP contribution in [0, 0.1) is 47.3 Å². The minimum absolute atomic E-state index is 0.00978. The Morgan fingerprint density at radius 3 is 0.474 bits per heavy atom. The Bertz CT molecular complexity index is 4050. The van der Waals surface area contributed by atoms with Crippen LogP contribution in [0.4, 0.5) is 0 Å². The largest absolute Gasteiger partial charge is 0.0654 e. The first kappa shape index (κ1) is 89.0. The number of rotatable bonds is 51. The summed E-state index contributed by atoms with van der Waals surface area (Å²) in [5, 5.41) is 0. The molecule has 0 saturated carbocycles. The Labute approximate surface area is 712 Å². The summed E-state index contributed by atoms with van der Waals surface area (Å²) >= 11 is 0. The molecule has 8 unspecified atom stereocenters. The monoisotopic (exact) mass is 1560 g/mol. The van der Waals surface area contributed by atoms with Crippen molar-refractivity contribution >= 4 is 0 Å². The predicted molar refractivity (Wildman–Crippen MR) is 511 cm³/mol. The summed E-state index contributed by atoms with van der Waals surface area (Å²) in [7, 11) is 0. The van der Waals surface area contributed by atoms with Crippen LogP contribution in [-0.2, 0) is 21.7 Å². The molecule has 4 aliphatic carbocycles. The normalized spacial score (nSPS) is 20.1. The van der Waals surface area contributed by atoms with Crippen LogP contribution in [0.15, 0.2) is 158 Å². The zero-order valence-electron chi connectivity index (χ0n) is 76.9. The van der Waals surface area contributed by atoms with Crippen LogP contribution in [0.5, 0.6) is 0 Å². The second-order valence-corrected chi connectivity index (χ2v) is 38.9. The number of hydrogen-bond donors (Lipinski definition) is 0. The zero-order valence-corrected chi connectivity index (χ0v) is 76.9. The highest BCUT2D eigenvalue weighted by Gasteiger charge is 2.51. The Morgan fingerprint density at radius 2 is 0.319 bits per heavy atom. The van der Waals surface area contributed by atoms with E-state index >= 15 is 0 Å². The fourth-order valence-electron chi connectivity index (χ4n) is 24.6. The zero-order chi connectivity index (χ0) is 82.0. The van der Waals surface area contributed by atoms with Crippen molar-refractivity contribution in [3.05, 3.63) is 202 Å². The van der Waals surface area contributed by atoms with Gasteiger partial charge in [0.25, 0.3) is 0 Å². The maximum Gasteiger partial charge on any atom is 0.0220 e. The van der Waals surface area contributed by atoms with E-state index in [-0.39, 0.29) is 21.7 Å². The van der Waals surface area contributed by atoms with Gasteiger partial charge in [-0.3, -0.25) is 0 Å². The first-order valence-corrected chi connectivity index (χ1v) is 49.8. The lowest BCUT2D eigenvalue weighted by Crippen LogP contribution is -2.32. The van der Waals surface area contributed by atoms with Gasteiger partial charge in [-0.25, -0.2) is 0 Å². The van der Waals surface area contributed by atoms with Crippen molar-refractivity contribution in [3.63, 3.8) is 0 Å². The summed E-state index contributed by atoms with van der Waals surface area (Å²) < 4.78 is 0. The van der Waals surface area contributed by atoms with E-state index in [0.29, 0.717) is 47.3 Å². The summed E-state index contributed by atoms with van der Waals surface area (Å²) in [6.45, 7) is 39.5. The molecule has 0 N–H and O–H groups in total. The molecule has 8 aromatic carbocycles. The number of hydrogen-bond acceptors (Lipinski definition) is 0. The highest BCUT2D eigenvalue weighted by atomic mass is 14.5. The van der Waals surface area contributed by atoms with Crippen LogP contribution in [0.25, 0.3) is 77.9 Å². The Balaban J connectivity index is 1.04. The van der Waals surface area contributed by atoms with Crippen LogP contribution in [-0.4, -0.2) is 0 Å². The van der Waals surface area contributed by atoms with E-state index < -0.39 is 0 Å². The van der Waals surface area contributed by atoms with Gasteiger partial charge >= 0.3 is 0 Å². The Hall–Kier alpha value is -6.24. The molecule has 8 atom stereocenters. The molecule has 0 heteroatoms. The third-order valence-corrected chi connectivity index (χ3v) is 31.7. The van der Waals surface area contributed by atoms with Gasteiger partial charge in [-0.1, -0.05) is 438 Å². The molecule has 0 fully saturated rings. The molecule has 0 saturated heterocycles. The molecular weight excluding hydrogens is 1390 g/mol. The third kappa shape index (κ3) is 18.5. The van der Waals surface area contributed by atoms with Gasteiger partial charge in [-0.2, -0.15) is 0 Å². The first-order valence-electron chi connectivity index (χ1n) is 49.8. The molecule has 0 radical (unpaired) electrons. The lowest BCUT2D eigenvalue weighted by atomic mass is 9.64. The van der Waals surface area contributed by atoms with Crippen LogP contribution < -0.4 is 0 Å². The van der Waals surface area contributed by atoms with Crippen LogP contribution in [0.3, 0.4) is 0 Å². The smallest absolute Gasteiger partial charge is 0.0220 e. The highest BCUT2D eigenvalue weighted by molar-refractivity contribution is 5.91. The summed E-state index contributed by atoms with van der Waals surface area (Å²) in [5.74, 6) is 5.31. The van der Waals surface area contributed by atoms with Gasteiger partial charge in [-0.15, -0.1) is 0 Å². The summed E-state index contributed by atoms with van der Waals surface area (Å²) in [4.78, 5) is 0. The van der Waals surface area contributed by atoms with E-state index in [1.54, 1.807) is 44.5 Å². The third-order valence-electron chi connectivity index (χ3n) is 31.7. The fourth-order valence-corrected chi connectivity index (χ4v) is 24.6. The van der Waals surface area contributed by atoms with Crippen LogP contribution >= 0.6 is 0 Å². The maximum absolute atomic E-state index is 2.83. The molecule has 0 aliphatic heterocycles. The SMILES string of the molecule is CCCCC(CC)CC1(CC(CC)CCCC)c2ccccc2-c2ccc(-c3ccc4c(c3)C(CC(CC)CCCC)(CC(CC)CCCC)c3cc(-c5ccc6c(c5)C(CC(CC)CCCC)(CC(CC)CCCC)c5cc(-c7ccc8c(c7)C(CC(CC)CCCC)(CC(CC)CCCC)c7ccccc7-8)ccc5-6)ccc3-4)cc21. The minimum Gasteiger partial charge on any atom is -0.0654 e. The minimum atomic E-state index is -0.134. The van der Waals surface area contributed by atoms with E-state index in [1.807, 2.05) is 0 Å². The van der Waals surface area contributed by atoms with Crippen LogP contribution in [0.1, 0.15) is 412 Å². The molecule has 12 rings (SSSR count). The van der Waals surface area contributed by atoms with Crippen molar-refractivity contribution in [1.29, 1.82) is 0 Å². The number of benzene rings is 8. The first-order chi connectivity index (χ1) is 56.7. The molecule has 0 amide bonds. The van der Waals surface area contributed by atoms with E-state index in [1.165, 1.54) is 335 Å². The van der Waals surface area contributed by atoms with Crippen molar-refractivity contribution < 1.29 is 0 Å². The lowest BCUT2D eigenvalue weighted by Gasteiger charge is -2.39. The summed E-state index contributed by atoms with van der Waals surface area (Å²) in [5.41, 5.74) is 33.2. The van der Waals surface area contributed by atoms with Crippen molar-refractivity contribution in [3.8, 4) is 77.9 Å². The maximum atomic E-state index is 2.83. The van der Waals surface area contributed by atoms with E-state index in [0.717, 1.165) is 0 Å². The summed E-state index contributed by atoms with van der Waals surface area (Å²) in [6.07, 6.45) is 50.7. The fraction of sp³-hybridized carbons (Fsp3) is 0.586. The topological polar surface area (TPSA) is 0 Å². The highest BCUT2D eigenvalue weighted by Crippen LogP contribution is 2.64. The van der Waals surface area contributed by atoms with Crippen molar-refractivity contribution in [1.82, 2.24) is 0 Å². The molecule has 0 aromatic heterocycles. The quantitative estimate of drug-likeness (QED) is 0.0356. The standard InChI is InChI=1S/C116H162/c1-17-33-45-83(25-9)75-113(76-84(26-10)46-34-18-2)105-55-43-41-53-97(105)99-63-57-91(69-107(99)113)93-59-65-101-103-67-61-95(73-111(103)115(109(101)71-93,79-87(29-13)49-37-21-5)80-88(30-14)50-38-22-6)96-62-68-104-102-66-60-94(72-110(102)116(112(104)74-96,81-89(31-15)51-39-23-7)82-90(32-16)52-40-24-8)92-58-64-100-98-54-42-44-56-106(98)114(108(100)70-92,77-85(27-11)47-35-19-3)78-86(28-12)48-36-20-4/h41-44,53-74,83-90H,17-40,45-52,75-82H2,1-16H3. The van der Waals surface area contributed by atoms with E-state index in [4.69, 9.17) is 0 Å². The molecule has 0 nitrogen and oxygen atoms in total. The van der Waals surface area contributed by atoms with Crippen molar-refractivity contribution in [2.24, 2.45) is 47.3 Å². The van der Waals surface area contributed by atoms with Crippen LogP contribution in [0.2, 0.25) is 0 Å². The Kier molecular flexibility index (Phi) is 32.1. The molecule has 0 heterocycles. The molecule has 4 aliphatic rings. The molecule has 8 aromatic rings. The average molecular weight is 1560 g/mol. The van der Waals surface area contributed by atoms with Gasteiger partial charge in [0.2, 0.25) is 0 Å². The summed E-state index contributed by atoms with van der Waals surface area (Å²) in [6, 6.07) is 67.6. The number of fused-ring (bicyclic) bond motifs is 12. The van der Waals surface area contributed by atoms with Gasteiger partial charge in [-0.05, 0) is 258 Å². The number of unbranched alkanes of at least 4 members (excludes halogenated alkanes) is 8. The molecule has 0 bridgehead atoms. The van der Waals surface area contributed by atoms with Gasteiger partial charge in [0.1, 0.15) is 0 Å². The van der Waals surface area contributed by atoms with Gasteiger partial charge in [0.05, 0.1) is 0 Å².